The van der Waals surface area contributed by atoms with Crippen LogP contribution in [0.3, 0.4) is 0 Å². The molecule has 1 heterocycles. The monoisotopic (exact) mass is 427 g/mol. The largest absolute Gasteiger partial charge is 0.573 e. The highest BCUT2D eigenvalue weighted by Gasteiger charge is 2.52. The molecule has 0 unspecified atom stereocenters. The summed E-state index contributed by atoms with van der Waals surface area (Å²) in [6.07, 6.45) is -10.9. The van der Waals surface area contributed by atoms with Crippen LogP contribution in [-0.4, -0.2) is 48.9 Å². The van der Waals surface area contributed by atoms with Crippen LogP contribution in [0, 0.1) is 5.41 Å². The van der Waals surface area contributed by atoms with Gasteiger partial charge in [0.1, 0.15) is 12.4 Å². The molecular weight excluding hydrogens is 408 g/mol. The normalized spacial score (nSPS) is 28.2. The molecule has 3 atom stereocenters. The van der Waals surface area contributed by atoms with Crippen LogP contribution >= 0.6 is 0 Å². The molecule has 1 N–H and O–H groups in total. The van der Waals surface area contributed by atoms with E-state index in [9.17, 15) is 36.2 Å². The molecule has 1 saturated heterocycles. The second-order valence-electron chi connectivity index (χ2n) is 7.30. The van der Waals surface area contributed by atoms with Gasteiger partial charge >= 0.3 is 12.5 Å². The molecule has 0 bridgehead atoms. The van der Waals surface area contributed by atoms with Gasteiger partial charge in [0, 0.05) is 12.2 Å². The summed E-state index contributed by atoms with van der Waals surface area (Å²) in [6, 6.07) is 4.79. The molecule has 11 heteroatoms. The number of nitrogens with zero attached hydrogens (tertiary/aromatic N) is 1. The Morgan fingerprint density at radius 3 is 2.34 bits per heavy atom. The number of alkyl halides is 6. The SMILES string of the molecule is O=C1N(c2ccc(OC(F)(F)F)cc2)CC[C@@]12CC[C@@H](O)[C@H](OCC(F)(F)F)C2. The van der Waals surface area contributed by atoms with Crippen LogP contribution < -0.4 is 9.64 Å². The van der Waals surface area contributed by atoms with E-state index in [1.807, 2.05) is 0 Å². The highest BCUT2D eigenvalue weighted by Crippen LogP contribution is 2.47. The third kappa shape index (κ3) is 5.13. The summed E-state index contributed by atoms with van der Waals surface area (Å²) in [4.78, 5) is 14.4. The first-order valence-corrected chi connectivity index (χ1v) is 8.93. The molecule has 29 heavy (non-hydrogen) atoms. The molecule has 1 spiro atoms. The Balaban J connectivity index is 1.69. The summed E-state index contributed by atoms with van der Waals surface area (Å²) >= 11 is 0. The average Bonchev–Trinajstić information content (AvgIpc) is 2.91. The van der Waals surface area contributed by atoms with Gasteiger partial charge in [-0.25, -0.2) is 0 Å². The molecular formula is C18H19F6NO4. The Bertz CT molecular complexity index is 735. The zero-order valence-electron chi connectivity index (χ0n) is 15.1. The summed E-state index contributed by atoms with van der Waals surface area (Å²) in [6.45, 7) is -1.25. The zero-order valence-corrected chi connectivity index (χ0v) is 15.1. The standard InChI is InChI=1S/C18H19F6NO4/c19-17(20,21)10-28-14-9-16(6-5-13(14)26)7-8-25(15(16)27)11-1-3-12(4-2-11)29-18(22,23)24/h1-4,13-14,26H,5-10H2/t13-,14-,16-/m1/s1. The Labute approximate surface area is 162 Å². The van der Waals surface area contributed by atoms with Crippen LogP contribution in [0.4, 0.5) is 32.0 Å². The van der Waals surface area contributed by atoms with E-state index >= 15 is 0 Å². The van der Waals surface area contributed by atoms with E-state index in [1.165, 1.54) is 17.0 Å². The number of aliphatic hydroxyl groups is 1. The molecule has 162 valence electrons. The third-order valence-corrected chi connectivity index (χ3v) is 5.30. The van der Waals surface area contributed by atoms with Gasteiger partial charge in [0.25, 0.3) is 0 Å². The van der Waals surface area contributed by atoms with Crippen molar-refractivity contribution in [1.82, 2.24) is 0 Å². The van der Waals surface area contributed by atoms with Gasteiger partial charge < -0.3 is 19.5 Å². The van der Waals surface area contributed by atoms with Crippen molar-refractivity contribution in [3.8, 4) is 5.75 Å². The lowest BCUT2D eigenvalue weighted by Crippen LogP contribution is -2.46. The molecule has 1 aliphatic heterocycles. The fraction of sp³-hybridized carbons (Fsp3) is 0.611. The number of ether oxygens (including phenoxy) is 2. The van der Waals surface area contributed by atoms with Crippen molar-refractivity contribution in [2.75, 3.05) is 18.1 Å². The van der Waals surface area contributed by atoms with Crippen molar-refractivity contribution >= 4 is 11.6 Å². The van der Waals surface area contributed by atoms with Crippen molar-refractivity contribution in [2.45, 2.75) is 50.4 Å². The highest BCUT2D eigenvalue weighted by atomic mass is 19.4. The molecule has 1 saturated carbocycles. The Morgan fingerprint density at radius 2 is 1.76 bits per heavy atom. The van der Waals surface area contributed by atoms with Gasteiger partial charge in [-0.05, 0) is 49.9 Å². The predicted octanol–water partition coefficient (Wildman–Crippen LogP) is 3.80. The number of anilines is 1. The lowest BCUT2D eigenvalue weighted by molar-refractivity contribution is -0.274. The molecule has 0 radical (unpaired) electrons. The molecule has 1 amide bonds. The minimum absolute atomic E-state index is 0.0468. The van der Waals surface area contributed by atoms with Crippen LogP contribution in [0.2, 0.25) is 0 Å². The number of carbonyl (C=O) groups is 1. The van der Waals surface area contributed by atoms with Gasteiger partial charge in [-0.3, -0.25) is 4.79 Å². The van der Waals surface area contributed by atoms with Crippen molar-refractivity contribution in [3.05, 3.63) is 24.3 Å². The summed E-state index contributed by atoms with van der Waals surface area (Å²) < 4.78 is 82.7. The van der Waals surface area contributed by atoms with Gasteiger partial charge in [0.05, 0.1) is 17.6 Å². The van der Waals surface area contributed by atoms with E-state index in [1.54, 1.807) is 0 Å². The van der Waals surface area contributed by atoms with E-state index in [-0.39, 0.29) is 25.3 Å². The summed E-state index contributed by atoms with van der Waals surface area (Å²) in [7, 11) is 0. The molecule has 1 aromatic carbocycles. The molecule has 1 aromatic rings. The van der Waals surface area contributed by atoms with E-state index in [0.29, 0.717) is 18.5 Å². The number of hydrogen-bond acceptors (Lipinski definition) is 4. The Hall–Kier alpha value is -2.01. The van der Waals surface area contributed by atoms with Crippen LogP contribution in [0.25, 0.3) is 0 Å². The third-order valence-electron chi connectivity index (χ3n) is 5.30. The second kappa shape index (κ2) is 7.67. The fourth-order valence-electron chi connectivity index (χ4n) is 3.92. The Kier molecular flexibility index (Phi) is 5.74. The maximum Gasteiger partial charge on any atom is 0.573 e. The van der Waals surface area contributed by atoms with Crippen molar-refractivity contribution < 1.29 is 45.7 Å². The van der Waals surface area contributed by atoms with Crippen molar-refractivity contribution in [2.24, 2.45) is 5.41 Å². The van der Waals surface area contributed by atoms with Crippen LogP contribution in [-0.2, 0) is 9.53 Å². The quantitative estimate of drug-likeness (QED) is 0.743. The Morgan fingerprint density at radius 1 is 1.10 bits per heavy atom. The molecule has 2 fully saturated rings. The number of benzene rings is 1. The van der Waals surface area contributed by atoms with E-state index in [0.717, 1.165) is 12.1 Å². The fourth-order valence-corrected chi connectivity index (χ4v) is 3.92. The van der Waals surface area contributed by atoms with E-state index in [2.05, 4.69) is 4.74 Å². The minimum Gasteiger partial charge on any atom is -0.406 e. The van der Waals surface area contributed by atoms with E-state index in [4.69, 9.17) is 4.74 Å². The number of halogens is 6. The smallest absolute Gasteiger partial charge is 0.406 e. The molecule has 2 aliphatic rings. The number of hydrogen-bond donors (Lipinski definition) is 1. The first-order chi connectivity index (χ1) is 13.4. The maximum absolute atomic E-state index is 13.0. The summed E-state index contributed by atoms with van der Waals surface area (Å²) in [5.41, 5.74) is -0.600. The minimum atomic E-state index is -4.83. The van der Waals surface area contributed by atoms with E-state index < -0.39 is 42.5 Å². The van der Waals surface area contributed by atoms with Crippen molar-refractivity contribution in [3.63, 3.8) is 0 Å². The van der Waals surface area contributed by atoms with Crippen LogP contribution in [0.5, 0.6) is 5.75 Å². The first kappa shape index (κ1) is 21.7. The van der Waals surface area contributed by atoms with Gasteiger partial charge in [0.15, 0.2) is 0 Å². The second-order valence-corrected chi connectivity index (χ2v) is 7.30. The molecule has 5 nitrogen and oxygen atoms in total. The zero-order chi connectivity index (χ0) is 21.4. The first-order valence-electron chi connectivity index (χ1n) is 8.93. The molecule has 3 rings (SSSR count). The van der Waals surface area contributed by atoms with Gasteiger partial charge in [-0.1, -0.05) is 0 Å². The van der Waals surface area contributed by atoms with Gasteiger partial charge in [-0.2, -0.15) is 13.2 Å². The highest BCUT2D eigenvalue weighted by molar-refractivity contribution is 6.00. The topological polar surface area (TPSA) is 59.0 Å². The molecule has 1 aliphatic carbocycles. The van der Waals surface area contributed by atoms with Gasteiger partial charge in [-0.15, -0.1) is 13.2 Å². The lowest BCUT2D eigenvalue weighted by atomic mass is 9.70. The summed E-state index contributed by atoms with van der Waals surface area (Å²) in [5, 5.41) is 9.98. The molecule has 0 aromatic heterocycles. The lowest BCUT2D eigenvalue weighted by Gasteiger charge is -2.39. The van der Waals surface area contributed by atoms with Crippen LogP contribution in [0.15, 0.2) is 24.3 Å². The number of rotatable bonds is 4. The average molecular weight is 427 g/mol. The number of amides is 1. The van der Waals surface area contributed by atoms with Gasteiger partial charge in [0.2, 0.25) is 5.91 Å². The predicted molar refractivity (Wildman–Crippen MR) is 88.2 cm³/mol. The van der Waals surface area contributed by atoms with Crippen LogP contribution in [0.1, 0.15) is 25.7 Å². The maximum atomic E-state index is 13.0. The number of carbonyl (C=O) groups excluding carboxylic acids is 1. The summed E-state index contributed by atoms with van der Waals surface area (Å²) in [5.74, 6) is -0.765. The number of aliphatic hydroxyl groups excluding tert-OH is 1. The van der Waals surface area contributed by atoms with Crippen molar-refractivity contribution in [1.29, 1.82) is 0 Å².